The van der Waals surface area contributed by atoms with Crippen molar-refractivity contribution in [3.05, 3.63) is 47.3 Å². The number of carbonyl (C=O) groups excluding carboxylic acids is 4. The number of halogens is 6. The molecule has 0 spiro atoms. The summed E-state index contributed by atoms with van der Waals surface area (Å²) in [6, 6.07) is 6.73. The third kappa shape index (κ3) is 13.7. The second-order valence-corrected chi connectivity index (χ2v) is 15.6. The maximum Gasteiger partial charge on any atom is 0.419 e. The van der Waals surface area contributed by atoms with E-state index < -0.39 is 43.8 Å². The summed E-state index contributed by atoms with van der Waals surface area (Å²) in [5.41, 5.74) is 11.6. The largest absolute Gasteiger partial charge is 0.463 e. The quantitative estimate of drug-likeness (QED) is 0.121. The zero-order valence-electron chi connectivity index (χ0n) is 23.1. The van der Waals surface area contributed by atoms with Crippen molar-refractivity contribution < 1.29 is 37.5 Å². The van der Waals surface area contributed by atoms with Gasteiger partial charge in [-0.25, -0.2) is 9.59 Å². The van der Waals surface area contributed by atoms with E-state index in [9.17, 15) is 19.2 Å². The van der Waals surface area contributed by atoms with Crippen molar-refractivity contribution in [2.24, 2.45) is 11.5 Å². The molecule has 2 amide bonds. The maximum absolute atomic E-state index is 12.1. The molecule has 2 heterocycles. The summed E-state index contributed by atoms with van der Waals surface area (Å²) in [5, 5.41) is 0. The molecular weight excluding hydrogens is 749 g/mol. The molecule has 0 aliphatic carbocycles. The number of esters is 2. The van der Waals surface area contributed by atoms with E-state index >= 15 is 0 Å². The lowest BCUT2D eigenvalue weighted by Gasteiger charge is -2.20. The van der Waals surface area contributed by atoms with Gasteiger partial charge in [-0.1, -0.05) is 69.6 Å². The van der Waals surface area contributed by atoms with E-state index in [-0.39, 0.29) is 24.6 Å². The number of nitrogens with two attached hydrogens (primary N) is 2. The number of thioether (sulfide) groups is 2. The van der Waals surface area contributed by atoms with Crippen LogP contribution in [0.15, 0.2) is 33.1 Å². The molecule has 246 valence electrons. The van der Waals surface area contributed by atoms with Gasteiger partial charge in [-0.2, -0.15) is 0 Å². The Labute approximate surface area is 291 Å². The van der Waals surface area contributed by atoms with Crippen molar-refractivity contribution in [3.8, 4) is 0 Å². The number of furan rings is 2. The highest BCUT2D eigenvalue weighted by Gasteiger charge is 2.34. The standard InChI is InChI=1S/C24H28Cl6N4O8S2/c1-33(21(37)23(25,26)27)7-13-3-5-15(39-13)9-43-11-17(31)41-19(35)20(36)42-18(32)12-44-10-16-6-4-14(40-16)8-34(2)22(38)24(28,29)30/h3-6,17-18H,7-12,31-32H2,1-2H3. The summed E-state index contributed by atoms with van der Waals surface area (Å²) >= 11 is 36.1. The molecular formula is C24H28Cl6N4O8S2. The van der Waals surface area contributed by atoms with Crippen LogP contribution < -0.4 is 11.5 Å². The Balaban J connectivity index is 1.66. The average Bonchev–Trinajstić information content (AvgIpc) is 3.55. The Morgan fingerprint density at radius 2 is 1.02 bits per heavy atom. The van der Waals surface area contributed by atoms with Gasteiger partial charge >= 0.3 is 11.9 Å². The van der Waals surface area contributed by atoms with Gasteiger partial charge in [0, 0.05) is 25.6 Å². The van der Waals surface area contributed by atoms with Crippen LogP contribution in [0.5, 0.6) is 0 Å². The lowest BCUT2D eigenvalue weighted by Crippen LogP contribution is -2.37. The predicted octanol–water partition coefficient (Wildman–Crippen LogP) is 4.35. The molecule has 20 heteroatoms. The van der Waals surface area contributed by atoms with Gasteiger partial charge < -0.3 is 28.1 Å². The Bertz CT molecular complexity index is 1190. The number of rotatable bonds is 14. The molecule has 0 aromatic carbocycles. The Morgan fingerprint density at radius 3 is 1.34 bits per heavy atom. The van der Waals surface area contributed by atoms with Crippen LogP contribution in [-0.2, 0) is 53.2 Å². The van der Waals surface area contributed by atoms with E-state index in [1.54, 1.807) is 24.3 Å². The van der Waals surface area contributed by atoms with Crippen molar-refractivity contribution >= 4 is 117 Å². The van der Waals surface area contributed by atoms with Crippen molar-refractivity contribution in [1.82, 2.24) is 9.80 Å². The van der Waals surface area contributed by atoms with Crippen LogP contribution in [0.2, 0.25) is 0 Å². The van der Waals surface area contributed by atoms with Crippen molar-refractivity contribution in [1.29, 1.82) is 0 Å². The fraction of sp³-hybridized carbons (Fsp3) is 0.500. The minimum absolute atomic E-state index is 0.0861. The van der Waals surface area contributed by atoms with Gasteiger partial charge in [0.25, 0.3) is 19.4 Å². The van der Waals surface area contributed by atoms with Gasteiger partial charge in [0.2, 0.25) is 0 Å². The molecule has 0 radical (unpaired) electrons. The third-order valence-corrected chi connectivity index (χ3v) is 8.21. The smallest absolute Gasteiger partial charge is 0.419 e. The molecule has 2 aromatic heterocycles. The minimum Gasteiger partial charge on any atom is -0.463 e. The minimum atomic E-state index is -2.07. The van der Waals surface area contributed by atoms with E-state index in [2.05, 4.69) is 0 Å². The summed E-state index contributed by atoms with van der Waals surface area (Å²) in [6.45, 7) is 0.172. The number of alkyl halides is 6. The molecule has 2 aromatic rings. The van der Waals surface area contributed by atoms with Gasteiger partial charge in [0.15, 0.2) is 12.5 Å². The Morgan fingerprint density at radius 1 is 0.705 bits per heavy atom. The van der Waals surface area contributed by atoms with E-state index in [4.69, 9.17) is 99.4 Å². The van der Waals surface area contributed by atoms with Crippen LogP contribution in [0.3, 0.4) is 0 Å². The fourth-order valence-electron chi connectivity index (χ4n) is 3.20. The molecule has 0 aliphatic rings. The summed E-state index contributed by atoms with van der Waals surface area (Å²) in [6.07, 6.45) is -2.21. The molecule has 0 fully saturated rings. The molecule has 0 saturated heterocycles. The lowest BCUT2D eigenvalue weighted by molar-refractivity contribution is -0.172. The zero-order valence-corrected chi connectivity index (χ0v) is 29.3. The van der Waals surface area contributed by atoms with E-state index in [1.807, 2.05) is 0 Å². The SMILES string of the molecule is CN(Cc1ccc(CSCC(N)OC(=O)C(=O)OC(N)CSCc2ccc(CN(C)C(=O)C(Cl)(Cl)Cl)o2)o1)C(=O)C(Cl)(Cl)Cl. The maximum atomic E-state index is 12.1. The molecule has 0 aliphatic heterocycles. The first-order chi connectivity index (χ1) is 20.4. The molecule has 0 saturated carbocycles. The highest BCUT2D eigenvalue weighted by Crippen LogP contribution is 2.30. The van der Waals surface area contributed by atoms with Gasteiger partial charge in [-0.05, 0) is 24.3 Å². The highest BCUT2D eigenvalue weighted by atomic mass is 35.6. The number of amides is 2. The fourth-order valence-corrected chi connectivity index (χ4v) is 5.62. The van der Waals surface area contributed by atoms with E-state index in [0.717, 1.165) is 0 Å². The summed E-state index contributed by atoms with van der Waals surface area (Å²) in [4.78, 5) is 50.4. The van der Waals surface area contributed by atoms with Gasteiger partial charge in [0.1, 0.15) is 23.0 Å². The van der Waals surface area contributed by atoms with Crippen LogP contribution in [0.25, 0.3) is 0 Å². The highest BCUT2D eigenvalue weighted by molar-refractivity contribution is 7.98. The topological polar surface area (TPSA) is 172 Å². The first-order valence-electron chi connectivity index (χ1n) is 12.2. The van der Waals surface area contributed by atoms with Crippen molar-refractivity contribution in [2.45, 2.75) is 44.6 Å². The molecule has 0 bridgehead atoms. The molecule has 2 atom stereocenters. The summed E-state index contributed by atoms with van der Waals surface area (Å²) in [5.74, 6) is -0.919. The van der Waals surface area contributed by atoms with Crippen molar-refractivity contribution in [3.63, 3.8) is 0 Å². The van der Waals surface area contributed by atoms with Crippen LogP contribution in [-0.4, -0.2) is 79.2 Å². The summed E-state index contributed by atoms with van der Waals surface area (Å²) in [7, 11) is 2.93. The van der Waals surface area contributed by atoms with Crippen LogP contribution in [0, 0.1) is 0 Å². The molecule has 2 rings (SSSR count). The van der Waals surface area contributed by atoms with Gasteiger partial charge in [0.05, 0.1) is 24.6 Å². The third-order valence-electron chi connectivity index (χ3n) is 5.14. The van der Waals surface area contributed by atoms with Crippen LogP contribution in [0.4, 0.5) is 0 Å². The number of carbonyl (C=O) groups is 4. The second-order valence-electron chi connectivity index (χ2n) is 8.97. The molecule has 12 nitrogen and oxygen atoms in total. The first-order valence-corrected chi connectivity index (χ1v) is 16.8. The van der Waals surface area contributed by atoms with Crippen LogP contribution >= 0.6 is 93.1 Å². The number of ether oxygens (including phenoxy) is 2. The first kappa shape index (κ1) is 39.0. The molecule has 2 unspecified atom stereocenters. The zero-order chi connectivity index (χ0) is 33.2. The summed E-state index contributed by atoms with van der Waals surface area (Å²) < 4.78 is 17.0. The number of nitrogens with zero attached hydrogens (tertiary/aromatic N) is 2. The van der Waals surface area contributed by atoms with Crippen LogP contribution in [0.1, 0.15) is 23.0 Å². The molecule has 4 N–H and O–H groups in total. The number of hydrogen-bond donors (Lipinski definition) is 2. The van der Waals surface area contributed by atoms with E-state index in [0.29, 0.717) is 34.5 Å². The van der Waals surface area contributed by atoms with Gasteiger partial charge in [-0.3, -0.25) is 21.1 Å². The van der Waals surface area contributed by atoms with E-state index in [1.165, 1.54) is 47.4 Å². The van der Waals surface area contributed by atoms with Crippen molar-refractivity contribution in [2.75, 3.05) is 25.6 Å². The molecule has 44 heavy (non-hydrogen) atoms. The second kappa shape index (κ2) is 17.6. The number of hydrogen-bond acceptors (Lipinski definition) is 12. The average molecular weight is 777 g/mol. The monoisotopic (exact) mass is 774 g/mol. The van der Waals surface area contributed by atoms with Gasteiger partial charge in [-0.15, -0.1) is 23.5 Å². The Kier molecular flexibility index (Phi) is 15.6. The Hall–Kier alpha value is -1.20. The lowest BCUT2D eigenvalue weighted by atomic mass is 10.4. The normalized spacial score (nSPS) is 13.2. The predicted molar refractivity (Wildman–Crippen MR) is 171 cm³/mol.